The number of aryl methyl sites for hydroxylation is 1. The maximum absolute atomic E-state index is 12.7. The van der Waals surface area contributed by atoms with Gasteiger partial charge in [0.15, 0.2) is 0 Å². The lowest BCUT2D eigenvalue weighted by Crippen LogP contribution is -2.07. The number of benzene rings is 2. The number of pyridine rings is 1. The lowest BCUT2D eigenvalue weighted by Gasteiger charge is -2.12. The molecule has 1 aromatic heterocycles. The first-order valence-electron chi connectivity index (χ1n) is 6.47. The van der Waals surface area contributed by atoms with Crippen molar-refractivity contribution >= 4 is 21.8 Å². The summed E-state index contributed by atoms with van der Waals surface area (Å²) in [5.74, 6) is 0.997. The van der Waals surface area contributed by atoms with Crippen LogP contribution in [0.15, 0.2) is 29.1 Å². The first-order valence-corrected chi connectivity index (χ1v) is 6.47. The fourth-order valence-corrected chi connectivity index (χ4v) is 2.62. The molecule has 0 amide bonds. The first kappa shape index (κ1) is 13.3. The molecule has 5 nitrogen and oxygen atoms in total. The number of para-hydroxylation sites is 1. The number of fused-ring (bicyclic) bond motifs is 2. The Hall–Kier alpha value is -2.69. The van der Waals surface area contributed by atoms with Crippen LogP contribution in [0.5, 0.6) is 17.2 Å². The number of phenolic OH excluding ortho intramolecular Hbond substituents is 1. The summed E-state index contributed by atoms with van der Waals surface area (Å²) in [6, 6.07) is 6.68. The minimum absolute atomic E-state index is 0.0987. The van der Waals surface area contributed by atoms with E-state index in [9.17, 15) is 9.90 Å². The van der Waals surface area contributed by atoms with E-state index in [1.165, 1.54) is 13.2 Å². The molecule has 0 aliphatic carbocycles. The van der Waals surface area contributed by atoms with E-state index in [1.54, 1.807) is 25.3 Å². The normalized spacial score (nSPS) is 11.0. The number of nitrogens with one attached hydrogen (secondary N) is 1. The SMILES string of the molecule is COc1cc(O)c2c(=O)c3cccc(OC)c3[nH]c2c1C. The highest BCUT2D eigenvalue weighted by Crippen LogP contribution is 2.34. The molecule has 5 heteroatoms. The molecule has 108 valence electrons. The molecule has 0 fully saturated rings. The lowest BCUT2D eigenvalue weighted by molar-refractivity contribution is 0.406. The van der Waals surface area contributed by atoms with Crippen LogP contribution in [0, 0.1) is 6.92 Å². The van der Waals surface area contributed by atoms with E-state index in [4.69, 9.17) is 9.47 Å². The molecule has 0 aliphatic heterocycles. The number of hydrogen-bond acceptors (Lipinski definition) is 4. The van der Waals surface area contributed by atoms with Gasteiger partial charge in [-0.15, -0.1) is 0 Å². The van der Waals surface area contributed by atoms with Gasteiger partial charge in [-0.1, -0.05) is 6.07 Å². The number of aromatic hydroxyl groups is 1. The molecule has 0 radical (unpaired) electrons. The van der Waals surface area contributed by atoms with Crippen molar-refractivity contribution in [1.29, 1.82) is 0 Å². The smallest absolute Gasteiger partial charge is 0.201 e. The summed E-state index contributed by atoms with van der Waals surface area (Å²) in [5.41, 5.74) is 1.68. The molecule has 21 heavy (non-hydrogen) atoms. The van der Waals surface area contributed by atoms with Crippen molar-refractivity contribution in [1.82, 2.24) is 4.98 Å². The Kier molecular flexibility index (Phi) is 2.97. The van der Waals surface area contributed by atoms with Gasteiger partial charge in [0.2, 0.25) is 5.43 Å². The van der Waals surface area contributed by atoms with Gasteiger partial charge in [0, 0.05) is 11.6 Å². The van der Waals surface area contributed by atoms with Crippen molar-refractivity contribution < 1.29 is 14.6 Å². The predicted molar refractivity (Wildman–Crippen MR) is 81.6 cm³/mol. The van der Waals surface area contributed by atoms with Crippen LogP contribution in [-0.4, -0.2) is 24.3 Å². The molecule has 1 heterocycles. The van der Waals surface area contributed by atoms with Crippen molar-refractivity contribution in [3.05, 3.63) is 40.1 Å². The van der Waals surface area contributed by atoms with Crippen LogP contribution in [-0.2, 0) is 0 Å². The van der Waals surface area contributed by atoms with Gasteiger partial charge in [-0.3, -0.25) is 4.79 Å². The van der Waals surface area contributed by atoms with Crippen LogP contribution < -0.4 is 14.9 Å². The van der Waals surface area contributed by atoms with Crippen LogP contribution in [0.3, 0.4) is 0 Å². The third-order valence-corrected chi connectivity index (χ3v) is 3.71. The Morgan fingerprint density at radius 3 is 2.48 bits per heavy atom. The molecule has 0 spiro atoms. The third-order valence-electron chi connectivity index (χ3n) is 3.71. The largest absolute Gasteiger partial charge is 0.507 e. The molecule has 2 N–H and O–H groups in total. The summed E-state index contributed by atoms with van der Waals surface area (Å²) in [6.45, 7) is 1.83. The van der Waals surface area contributed by atoms with E-state index >= 15 is 0 Å². The zero-order valence-electron chi connectivity index (χ0n) is 12.0. The fourth-order valence-electron chi connectivity index (χ4n) is 2.62. The van der Waals surface area contributed by atoms with Crippen molar-refractivity contribution in [3.8, 4) is 17.2 Å². The number of ether oxygens (including phenoxy) is 2. The summed E-state index contributed by atoms with van der Waals surface area (Å²) < 4.78 is 10.5. The lowest BCUT2D eigenvalue weighted by atomic mass is 10.0. The summed E-state index contributed by atoms with van der Waals surface area (Å²) in [7, 11) is 3.07. The number of H-pyrrole nitrogens is 1. The Morgan fingerprint density at radius 2 is 1.81 bits per heavy atom. The van der Waals surface area contributed by atoms with Crippen LogP contribution in [0.4, 0.5) is 0 Å². The van der Waals surface area contributed by atoms with Crippen LogP contribution in [0.1, 0.15) is 5.56 Å². The summed E-state index contributed by atoms with van der Waals surface area (Å²) in [6.07, 6.45) is 0. The van der Waals surface area contributed by atoms with Gasteiger partial charge in [0.1, 0.15) is 17.2 Å². The second-order valence-corrected chi connectivity index (χ2v) is 4.81. The molecule has 0 saturated carbocycles. The highest BCUT2D eigenvalue weighted by Gasteiger charge is 2.16. The number of rotatable bonds is 2. The second kappa shape index (κ2) is 4.70. The van der Waals surface area contributed by atoms with Crippen molar-refractivity contribution in [3.63, 3.8) is 0 Å². The molecule has 2 aromatic carbocycles. The third kappa shape index (κ3) is 1.81. The van der Waals surface area contributed by atoms with Gasteiger partial charge < -0.3 is 19.6 Å². The summed E-state index contributed by atoms with van der Waals surface area (Å²) in [5, 5.41) is 10.9. The number of hydrogen-bond donors (Lipinski definition) is 2. The highest BCUT2D eigenvalue weighted by molar-refractivity contribution is 5.99. The monoisotopic (exact) mass is 285 g/mol. The molecule has 3 aromatic rings. The van der Waals surface area contributed by atoms with Crippen molar-refractivity contribution in [2.45, 2.75) is 6.92 Å². The van der Waals surface area contributed by atoms with Gasteiger partial charge in [0.05, 0.1) is 36.0 Å². The zero-order chi connectivity index (χ0) is 15.1. The zero-order valence-corrected chi connectivity index (χ0v) is 12.0. The van der Waals surface area contributed by atoms with E-state index in [0.717, 1.165) is 5.56 Å². The van der Waals surface area contributed by atoms with E-state index in [1.807, 2.05) is 6.92 Å². The standard InChI is InChI=1S/C16H15NO4/c1-8-12(21-3)7-10(18)13-14(8)17-15-9(16(13)19)5-4-6-11(15)20-2/h4-7,18H,1-3H3,(H,17,19). The topological polar surface area (TPSA) is 71.6 Å². The number of aromatic nitrogens is 1. The van der Waals surface area contributed by atoms with E-state index < -0.39 is 0 Å². The van der Waals surface area contributed by atoms with Crippen LogP contribution >= 0.6 is 0 Å². The molecule has 0 unspecified atom stereocenters. The molecule has 0 bridgehead atoms. The van der Waals surface area contributed by atoms with E-state index in [0.29, 0.717) is 27.9 Å². The number of phenols is 1. The molecule has 3 rings (SSSR count). The van der Waals surface area contributed by atoms with Gasteiger partial charge in [-0.05, 0) is 19.1 Å². The van der Waals surface area contributed by atoms with Crippen LogP contribution in [0.25, 0.3) is 21.8 Å². The van der Waals surface area contributed by atoms with E-state index in [-0.39, 0.29) is 16.6 Å². The summed E-state index contributed by atoms with van der Waals surface area (Å²) in [4.78, 5) is 15.8. The maximum Gasteiger partial charge on any atom is 0.201 e. The fraction of sp³-hybridized carbons (Fsp3) is 0.188. The van der Waals surface area contributed by atoms with Crippen LogP contribution in [0.2, 0.25) is 0 Å². The quantitative estimate of drug-likeness (QED) is 0.710. The molecule has 0 atom stereocenters. The van der Waals surface area contributed by atoms with Crippen molar-refractivity contribution in [2.24, 2.45) is 0 Å². The van der Waals surface area contributed by atoms with Gasteiger partial charge in [0.25, 0.3) is 0 Å². The predicted octanol–water partition coefficient (Wildman–Crippen LogP) is 2.71. The average Bonchev–Trinajstić information content (AvgIpc) is 2.50. The maximum atomic E-state index is 12.7. The van der Waals surface area contributed by atoms with E-state index in [2.05, 4.69) is 4.98 Å². The Bertz CT molecular complexity index is 912. The molecule has 0 aliphatic rings. The molecular weight excluding hydrogens is 270 g/mol. The summed E-state index contributed by atoms with van der Waals surface area (Å²) >= 11 is 0. The minimum atomic E-state index is -0.235. The number of aromatic amines is 1. The Morgan fingerprint density at radius 1 is 1.10 bits per heavy atom. The highest BCUT2D eigenvalue weighted by atomic mass is 16.5. The number of methoxy groups -OCH3 is 2. The van der Waals surface area contributed by atoms with Gasteiger partial charge >= 0.3 is 0 Å². The Balaban J connectivity index is 2.60. The van der Waals surface area contributed by atoms with Gasteiger partial charge in [-0.25, -0.2) is 0 Å². The Labute approximate surface area is 120 Å². The minimum Gasteiger partial charge on any atom is -0.507 e. The van der Waals surface area contributed by atoms with Crippen molar-refractivity contribution in [2.75, 3.05) is 14.2 Å². The average molecular weight is 285 g/mol. The first-order chi connectivity index (χ1) is 10.1. The van der Waals surface area contributed by atoms with Gasteiger partial charge in [-0.2, -0.15) is 0 Å². The molecule has 0 saturated heterocycles. The molecular formula is C16H15NO4. The second-order valence-electron chi connectivity index (χ2n) is 4.81.